The van der Waals surface area contributed by atoms with E-state index >= 15 is 0 Å². The van der Waals surface area contributed by atoms with Gasteiger partial charge in [-0.25, -0.2) is 4.39 Å². The molecule has 1 aliphatic rings. The number of benzene rings is 1. The molecule has 1 aliphatic heterocycles. The third kappa shape index (κ3) is 1.97. The van der Waals surface area contributed by atoms with E-state index in [2.05, 4.69) is 42.0 Å². The minimum atomic E-state index is -0.157. The fourth-order valence-electron chi connectivity index (χ4n) is 2.33. The van der Waals surface area contributed by atoms with Gasteiger partial charge in [0.05, 0.1) is 5.69 Å². The maximum atomic E-state index is 13.4. The van der Waals surface area contributed by atoms with Crippen LogP contribution in [0.5, 0.6) is 0 Å². The highest BCUT2D eigenvalue weighted by atomic mass is 79.9. The third-order valence-electron chi connectivity index (χ3n) is 3.67. The first-order chi connectivity index (χ1) is 7.50. The summed E-state index contributed by atoms with van der Waals surface area (Å²) in [5, 5.41) is 3.37. The second kappa shape index (κ2) is 4.36. The van der Waals surface area contributed by atoms with E-state index < -0.39 is 0 Å². The van der Waals surface area contributed by atoms with Crippen LogP contribution in [0, 0.1) is 17.7 Å². The lowest BCUT2D eigenvalue weighted by molar-refractivity contribution is 0.362. The van der Waals surface area contributed by atoms with Gasteiger partial charge in [0, 0.05) is 16.9 Å². The van der Waals surface area contributed by atoms with E-state index in [9.17, 15) is 4.39 Å². The Hall–Kier alpha value is -0.570. The quantitative estimate of drug-likeness (QED) is 0.850. The van der Waals surface area contributed by atoms with E-state index in [-0.39, 0.29) is 5.82 Å². The smallest absolute Gasteiger partial charge is 0.124 e. The number of fused-ring (bicyclic) bond motifs is 1. The third-order valence-corrected chi connectivity index (χ3v) is 4.30. The van der Waals surface area contributed by atoms with Gasteiger partial charge in [-0.15, -0.1) is 0 Å². The van der Waals surface area contributed by atoms with Gasteiger partial charge >= 0.3 is 0 Å². The highest BCUT2D eigenvalue weighted by Gasteiger charge is 2.30. The lowest BCUT2D eigenvalue weighted by Crippen LogP contribution is -2.17. The second-order valence-electron chi connectivity index (χ2n) is 4.94. The maximum Gasteiger partial charge on any atom is 0.124 e. The molecule has 1 aromatic rings. The minimum absolute atomic E-state index is 0.157. The van der Waals surface area contributed by atoms with Crippen LogP contribution in [0.15, 0.2) is 16.6 Å². The normalized spacial score (nSPS) is 20.8. The molecule has 0 bridgehead atoms. The molecule has 16 heavy (non-hydrogen) atoms. The van der Waals surface area contributed by atoms with Crippen molar-refractivity contribution in [2.24, 2.45) is 11.8 Å². The molecule has 0 amide bonds. The Bertz CT molecular complexity index is 403. The Morgan fingerprint density at radius 2 is 2.06 bits per heavy atom. The zero-order valence-electron chi connectivity index (χ0n) is 9.85. The molecule has 0 spiro atoms. The SMILES string of the molecule is CC(C)C(C)C1CNc2c(Br)cc(F)cc21. The van der Waals surface area contributed by atoms with Crippen LogP contribution in [0.25, 0.3) is 0 Å². The second-order valence-corrected chi connectivity index (χ2v) is 5.80. The summed E-state index contributed by atoms with van der Waals surface area (Å²) >= 11 is 3.41. The summed E-state index contributed by atoms with van der Waals surface area (Å²) < 4.78 is 14.2. The standard InChI is InChI=1S/C13H17BrFN/c1-7(2)8(3)11-6-16-13-10(11)4-9(15)5-12(13)14/h4-5,7-8,11,16H,6H2,1-3H3. The summed E-state index contributed by atoms with van der Waals surface area (Å²) in [6, 6.07) is 3.19. The molecule has 0 radical (unpaired) electrons. The molecule has 2 rings (SSSR count). The lowest BCUT2D eigenvalue weighted by atomic mass is 9.82. The largest absolute Gasteiger partial charge is 0.383 e. The first-order valence-corrected chi connectivity index (χ1v) is 6.52. The molecule has 2 atom stereocenters. The molecule has 88 valence electrons. The Balaban J connectivity index is 2.39. The molecule has 1 aromatic carbocycles. The van der Waals surface area contributed by atoms with Crippen LogP contribution in [0.4, 0.5) is 10.1 Å². The van der Waals surface area contributed by atoms with Crippen LogP contribution in [-0.2, 0) is 0 Å². The van der Waals surface area contributed by atoms with Crippen molar-refractivity contribution in [1.82, 2.24) is 0 Å². The van der Waals surface area contributed by atoms with E-state index in [0.29, 0.717) is 17.8 Å². The fourth-order valence-corrected chi connectivity index (χ4v) is 2.92. The van der Waals surface area contributed by atoms with Gasteiger partial charge in [0.25, 0.3) is 0 Å². The molecule has 0 aromatic heterocycles. The predicted molar refractivity (Wildman–Crippen MR) is 69.3 cm³/mol. The fraction of sp³-hybridized carbons (Fsp3) is 0.538. The Morgan fingerprint density at radius 1 is 1.38 bits per heavy atom. The molecule has 1 heterocycles. The molecule has 2 unspecified atom stereocenters. The number of hydrogen-bond donors (Lipinski definition) is 1. The molecular weight excluding hydrogens is 269 g/mol. The summed E-state index contributed by atoms with van der Waals surface area (Å²) in [6.07, 6.45) is 0. The number of hydrogen-bond acceptors (Lipinski definition) is 1. The van der Waals surface area contributed by atoms with Crippen LogP contribution < -0.4 is 5.32 Å². The zero-order chi connectivity index (χ0) is 11.9. The lowest BCUT2D eigenvalue weighted by Gasteiger charge is -2.23. The zero-order valence-corrected chi connectivity index (χ0v) is 11.4. The van der Waals surface area contributed by atoms with Crippen molar-refractivity contribution in [3.8, 4) is 0 Å². The Morgan fingerprint density at radius 3 is 2.69 bits per heavy atom. The summed E-state index contributed by atoms with van der Waals surface area (Å²) in [6.45, 7) is 7.59. The van der Waals surface area contributed by atoms with Crippen LogP contribution in [0.3, 0.4) is 0 Å². The molecule has 0 aliphatic carbocycles. The molecular formula is C13H17BrFN. The number of rotatable bonds is 2. The van der Waals surface area contributed by atoms with E-state index in [1.807, 2.05) is 0 Å². The van der Waals surface area contributed by atoms with Crippen LogP contribution in [0.1, 0.15) is 32.3 Å². The van der Waals surface area contributed by atoms with Crippen molar-refractivity contribution in [2.45, 2.75) is 26.7 Å². The monoisotopic (exact) mass is 285 g/mol. The summed E-state index contributed by atoms with van der Waals surface area (Å²) in [7, 11) is 0. The molecule has 0 saturated carbocycles. The highest BCUT2D eigenvalue weighted by molar-refractivity contribution is 9.10. The number of halogens is 2. The van der Waals surface area contributed by atoms with Gasteiger partial charge in [-0.2, -0.15) is 0 Å². The van der Waals surface area contributed by atoms with Gasteiger partial charge < -0.3 is 5.32 Å². The van der Waals surface area contributed by atoms with Crippen molar-refractivity contribution in [1.29, 1.82) is 0 Å². The van der Waals surface area contributed by atoms with Gasteiger partial charge in [0.2, 0.25) is 0 Å². The molecule has 0 fully saturated rings. The first kappa shape index (κ1) is 11.9. The van der Waals surface area contributed by atoms with Crippen LogP contribution >= 0.6 is 15.9 Å². The topological polar surface area (TPSA) is 12.0 Å². The van der Waals surface area contributed by atoms with E-state index in [4.69, 9.17) is 0 Å². The highest BCUT2D eigenvalue weighted by Crippen LogP contribution is 2.42. The van der Waals surface area contributed by atoms with Gasteiger partial charge in [0.1, 0.15) is 5.82 Å². The summed E-state index contributed by atoms with van der Waals surface area (Å²) in [5.74, 6) is 1.43. The van der Waals surface area contributed by atoms with Crippen LogP contribution in [-0.4, -0.2) is 6.54 Å². The molecule has 1 N–H and O–H groups in total. The van der Waals surface area contributed by atoms with Crippen LogP contribution in [0.2, 0.25) is 0 Å². The Labute approximate surface area is 105 Å². The molecule has 0 saturated heterocycles. The maximum absolute atomic E-state index is 13.4. The van der Waals surface area contributed by atoms with Crippen molar-refractivity contribution in [3.63, 3.8) is 0 Å². The average Bonchev–Trinajstić information content (AvgIpc) is 2.60. The van der Waals surface area contributed by atoms with Gasteiger partial charge in [-0.1, -0.05) is 20.8 Å². The van der Waals surface area contributed by atoms with E-state index in [0.717, 1.165) is 22.3 Å². The van der Waals surface area contributed by atoms with E-state index in [1.165, 1.54) is 6.07 Å². The van der Waals surface area contributed by atoms with Crippen molar-refractivity contribution in [3.05, 3.63) is 28.0 Å². The summed E-state index contributed by atoms with van der Waals surface area (Å²) in [5.41, 5.74) is 2.19. The average molecular weight is 286 g/mol. The molecule has 3 heteroatoms. The minimum Gasteiger partial charge on any atom is -0.383 e. The first-order valence-electron chi connectivity index (χ1n) is 5.73. The van der Waals surface area contributed by atoms with Gasteiger partial charge in [-0.3, -0.25) is 0 Å². The summed E-state index contributed by atoms with van der Waals surface area (Å²) in [4.78, 5) is 0. The van der Waals surface area contributed by atoms with Crippen molar-refractivity contribution < 1.29 is 4.39 Å². The van der Waals surface area contributed by atoms with E-state index in [1.54, 1.807) is 6.07 Å². The van der Waals surface area contributed by atoms with Gasteiger partial charge in [0.15, 0.2) is 0 Å². The number of anilines is 1. The van der Waals surface area contributed by atoms with Gasteiger partial charge in [-0.05, 0) is 45.5 Å². The Kier molecular flexibility index (Phi) is 3.24. The van der Waals surface area contributed by atoms with Crippen molar-refractivity contribution in [2.75, 3.05) is 11.9 Å². The molecule has 1 nitrogen and oxygen atoms in total. The number of nitrogens with one attached hydrogen (secondary N) is 1. The van der Waals surface area contributed by atoms with Crippen molar-refractivity contribution >= 4 is 21.6 Å². The predicted octanol–water partition coefficient (Wildman–Crippen LogP) is 4.39.